The van der Waals surface area contributed by atoms with Crippen molar-refractivity contribution < 1.29 is 19.0 Å². The smallest absolute Gasteiger partial charge is 0.126 e. The lowest BCUT2D eigenvalue weighted by molar-refractivity contribution is 0.0323. The minimum Gasteiger partial charge on any atom is -0.497 e. The number of aliphatic hydroxyl groups excluding tert-OH is 1. The number of benzene rings is 1. The molecular weight excluding hydrogens is 513 g/mol. The van der Waals surface area contributed by atoms with Crippen molar-refractivity contribution in [3.05, 3.63) is 57.9 Å². The maximum atomic E-state index is 16.3. The molecule has 0 aliphatic carbocycles. The Labute approximate surface area is 234 Å². The van der Waals surface area contributed by atoms with E-state index < -0.39 is 6.17 Å². The highest BCUT2D eigenvalue weighted by Gasteiger charge is 2.35. The third-order valence-electron chi connectivity index (χ3n) is 8.23. The van der Waals surface area contributed by atoms with Crippen LogP contribution in [0.3, 0.4) is 0 Å². The number of aromatic nitrogens is 1. The maximum Gasteiger partial charge on any atom is 0.126 e. The summed E-state index contributed by atoms with van der Waals surface area (Å²) >= 11 is 1.65. The molecule has 0 radical (unpaired) electrons. The predicted molar refractivity (Wildman–Crippen MR) is 154 cm³/mol. The summed E-state index contributed by atoms with van der Waals surface area (Å²) in [5, 5.41) is 13.3. The zero-order chi connectivity index (χ0) is 27.1. The van der Waals surface area contributed by atoms with Crippen molar-refractivity contribution in [3.8, 4) is 17.6 Å². The van der Waals surface area contributed by atoms with Crippen LogP contribution >= 0.6 is 11.3 Å². The highest BCUT2D eigenvalue weighted by atomic mass is 32.1. The fraction of sp³-hybridized carbons (Fsp3) is 0.516. The van der Waals surface area contributed by atoms with Gasteiger partial charge in [-0.15, -0.1) is 11.3 Å². The lowest BCUT2D eigenvalue weighted by Crippen LogP contribution is -2.42. The van der Waals surface area contributed by atoms with Crippen LogP contribution in [0.2, 0.25) is 0 Å². The molecule has 4 heterocycles. The minimum atomic E-state index is -1.16. The summed E-state index contributed by atoms with van der Waals surface area (Å²) < 4.78 is 27.3. The quantitative estimate of drug-likeness (QED) is 0.376. The first-order valence-electron chi connectivity index (χ1n) is 13.8. The van der Waals surface area contributed by atoms with Crippen molar-refractivity contribution in [3.63, 3.8) is 0 Å². The fourth-order valence-electron chi connectivity index (χ4n) is 5.69. The van der Waals surface area contributed by atoms with Gasteiger partial charge in [0.15, 0.2) is 0 Å². The van der Waals surface area contributed by atoms with E-state index >= 15 is 4.39 Å². The molecule has 6 nitrogen and oxygen atoms in total. The minimum absolute atomic E-state index is 0.0833. The highest BCUT2D eigenvalue weighted by Crippen LogP contribution is 2.41. The Balaban J connectivity index is 1.28. The fourth-order valence-corrected chi connectivity index (χ4v) is 6.29. The van der Waals surface area contributed by atoms with E-state index in [0.29, 0.717) is 43.9 Å². The van der Waals surface area contributed by atoms with Gasteiger partial charge in [-0.2, -0.15) is 0 Å². The molecule has 1 N–H and O–H groups in total. The number of nitrogens with zero attached hydrogens (tertiary/aromatic N) is 3. The molecule has 2 saturated heterocycles. The summed E-state index contributed by atoms with van der Waals surface area (Å²) in [5.41, 5.74) is 2.14. The van der Waals surface area contributed by atoms with Crippen LogP contribution in [0.25, 0.3) is 10.9 Å². The number of piperidine rings is 1. The Morgan fingerprint density at radius 1 is 1.18 bits per heavy atom. The molecular formula is C31H38FN3O3S. The second-order valence-electron chi connectivity index (χ2n) is 10.7. The molecule has 0 unspecified atom stereocenters. The van der Waals surface area contributed by atoms with E-state index in [2.05, 4.69) is 26.6 Å². The third kappa shape index (κ3) is 6.97. The average molecular weight is 552 g/mol. The van der Waals surface area contributed by atoms with E-state index in [1.54, 1.807) is 18.4 Å². The number of alkyl halides is 1. The maximum absolute atomic E-state index is 16.3. The summed E-state index contributed by atoms with van der Waals surface area (Å²) in [7, 11) is 1.63. The largest absolute Gasteiger partial charge is 0.497 e. The van der Waals surface area contributed by atoms with Crippen molar-refractivity contribution in [2.75, 3.05) is 59.7 Å². The van der Waals surface area contributed by atoms with Gasteiger partial charge >= 0.3 is 0 Å². The molecule has 1 aromatic carbocycles. The summed E-state index contributed by atoms with van der Waals surface area (Å²) in [6, 6.07) is 9.72. The molecule has 0 saturated carbocycles. The Morgan fingerprint density at radius 3 is 2.72 bits per heavy atom. The number of halogens is 1. The first kappa shape index (κ1) is 28.0. The number of hydrogen-bond donors (Lipinski definition) is 1. The molecule has 0 bridgehead atoms. The van der Waals surface area contributed by atoms with Gasteiger partial charge in [-0.05, 0) is 79.4 Å². The Kier molecular flexibility index (Phi) is 9.49. The predicted octanol–water partition coefficient (Wildman–Crippen LogP) is 5.05. The number of methoxy groups -OCH3 is 1. The topological polar surface area (TPSA) is 58.1 Å². The van der Waals surface area contributed by atoms with Crippen LogP contribution in [0.4, 0.5) is 4.39 Å². The lowest BCUT2D eigenvalue weighted by atomic mass is 9.74. The number of hydrogen-bond acceptors (Lipinski definition) is 7. The van der Waals surface area contributed by atoms with Crippen LogP contribution in [0.1, 0.15) is 47.9 Å². The van der Waals surface area contributed by atoms with E-state index in [-0.39, 0.29) is 12.0 Å². The van der Waals surface area contributed by atoms with Gasteiger partial charge in [0.05, 0.1) is 37.3 Å². The van der Waals surface area contributed by atoms with E-state index in [4.69, 9.17) is 9.47 Å². The van der Waals surface area contributed by atoms with Gasteiger partial charge in [0, 0.05) is 43.4 Å². The van der Waals surface area contributed by atoms with Crippen LogP contribution < -0.4 is 4.74 Å². The molecule has 2 aliphatic heterocycles. The summed E-state index contributed by atoms with van der Waals surface area (Å²) in [6.45, 7) is 6.23. The molecule has 2 aromatic heterocycles. The zero-order valence-electron chi connectivity index (χ0n) is 22.7. The number of morpholine rings is 1. The molecule has 1 atom stereocenters. The van der Waals surface area contributed by atoms with Gasteiger partial charge in [-0.25, -0.2) is 4.39 Å². The van der Waals surface area contributed by atoms with E-state index in [9.17, 15) is 5.11 Å². The van der Waals surface area contributed by atoms with Crippen molar-refractivity contribution in [1.29, 1.82) is 0 Å². The van der Waals surface area contributed by atoms with Gasteiger partial charge in [0.25, 0.3) is 0 Å². The summed E-state index contributed by atoms with van der Waals surface area (Å²) in [5.74, 6) is 7.20. The number of rotatable bonds is 9. The SMILES string of the molecule is COc1ccc2ncc(CN3CCOCC3)c([C@H](F)CCC3(CO)CCN(CC#Cc4cccs4)CC3)c2c1. The summed E-state index contributed by atoms with van der Waals surface area (Å²) in [6.07, 6.45) is 3.39. The van der Waals surface area contributed by atoms with Gasteiger partial charge in [0.2, 0.25) is 0 Å². The van der Waals surface area contributed by atoms with Crippen molar-refractivity contribution in [2.24, 2.45) is 5.41 Å². The molecule has 2 fully saturated rings. The molecule has 5 rings (SSSR count). The highest BCUT2D eigenvalue weighted by molar-refractivity contribution is 7.10. The molecule has 0 spiro atoms. The molecule has 0 amide bonds. The second-order valence-corrected chi connectivity index (χ2v) is 11.6. The normalized spacial score (nSPS) is 18.9. The molecule has 2 aliphatic rings. The number of fused-ring (bicyclic) bond motifs is 1. The van der Waals surface area contributed by atoms with E-state index in [1.807, 2.05) is 41.9 Å². The molecule has 208 valence electrons. The molecule has 8 heteroatoms. The number of aliphatic hydroxyl groups is 1. The monoisotopic (exact) mass is 551 g/mol. The lowest BCUT2D eigenvalue weighted by Gasteiger charge is -2.40. The van der Waals surface area contributed by atoms with Crippen LogP contribution in [0, 0.1) is 17.3 Å². The van der Waals surface area contributed by atoms with Gasteiger partial charge < -0.3 is 14.6 Å². The zero-order valence-corrected chi connectivity index (χ0v) is 23.5. The Bertz CT molecular complexity index is 1280. The molecule has 39 heavy (non-hydrogen) atoms. The number of thiophene rings is 1. The summed E-state index contributed by atoms with van der Waals surface area (Å²) in [4.78, 5) is 10.4. The van der Waals surface area contributed by atoms with Crippen LogP contribution in [-0.2, 0) is 11.3 Å². The van der Waals surface area contributed by atoms with E-state index in [0.717, 1.165) is 66.9 Å². The van der Waals surface area contributed by atoms with Crippen LogP contribution in [-0.4, -0.2) is 79.5 Å². The first-order chi connectivity index (χ1) is 19.1. The van der Waals surface area contributed by atoms with Gasteiger partial charge in [0.1, 0.15) is 11.9 Å². The number of pyridine rings is 1. The Hall–Kier alpha value is -2.54. The number of likely N-dealkylation sites (tertiary alicyclic amines) is 1. The van der Waals surface area contributed by atoms with E-state index in [1.165, 1.54) is 0 Å². The van der Waals surface area contributed by atoms with Crippen LogP contribution in [0.5, 0.6) is 5.75 Å². The van der Waals surface area contributed by atoms with Gasteiger partial charge in [-0.3, -0.25) is 14.8 Å². The van der Waals surface area contributed by atoms with Crippen LogP contribution in [0.15, 0.2) is 41.9 Å². The third-order valence-corrected chi connectivity index (χ3v) is 9.01. The van der Waals surface area contributed by atoms with Crippen molar-refractivity contribution in [1.82, 2.24) is 14.8 Å². The second kappa shape index (κ2) is 13.2. The standard InChI is InChI=1S/C31H38FN3O3S/c1-37-25-6-7-29-27(20-25)30(24(21-33-29)22-35-15-17-38-18-16-35)28(32)8-9-31(23-36)10-13-34(14-11-31)12-2-4-26-5-3-19-39-26/h3,5-7,19-21,28,36H,8-18,22-23H2,1H3/t28-/m1/s1. The Morgan fingerprint density at radius 2 is 2.00 bits per heavy atom. The molecule has 3 aromatic rings. The van der Waals surface area contributed by atoms with Gasteiger partial charge in [-0.1, -0.05) is 17.9 Å². The first-order valence-corrected chi connectivity index (χ1v) is 14.7. The number of ether oxygens (including phenoxy) is 2. The van der Waals surface area contributed by atoms with Crippen molar-refractivity contribution >= 4 is 22.2 Å². The van der Waals surface area contributed by atoms with Crippen molar-refractivity contribution in [2.45, 2.75) is 38.4 Å². The average Bonchev–Trinajstić information content (AvgIpc) is 3.50.